The number of urea groups is 1. The standard InChI is InChI=1S/C8H14N4O3/c1-8(2)6(14)10-7(15)12(8)4-3-5(13)11-9/h3-4,9H2,1-2H3,(H,11,13)(H,10,14,15). The zero-order chi connectivity index (χ0) is 11.6. The van der Waals surface area contributed by atoms with Gasteiger partial charge in [0.25, 0.3) is 5.91 Å². The van der Waals surface area contributed by atoms with E-state index in [2.05, 4.69) is 5.32 Å². The van der Waals surface area contributed by atoms with Gasteiger partial charge in [-0.25, -0.2) is 10.6 Å². The Hall–Kier alpha value is -1.63. The van der Waals surface area contributed by atoms with Gasteiger partial charge in [-0.2, -0.15) is 0 Å². The number of rotatable bonds is 3. The van der Waals surface area contributed by atoms with Gasteiger partial charge in [0.2, 0.25) is 5.91 Å². The number of hydrazine groups is 1. The second kappa shape index (κ2) is 3.85. The minimum absolute atomic E-state index is 0.0701. The molecule has 7 nitrogen and oxygen atoms in total. The van der Waals surface area contributed by atoms with Crippen LogP contribution in [0.4, 0.5) is 4.79 Å². The molecule has 1 fully saturated rings. The topological polar surface area (TPSA) is 105 Å². The third-order valence-corrected chi connectivity index (χ3v) is 2.42. The molecule has 1 saturated heterocycles. The van der Waals surface area contributed by atoms with E-state index in [1.165, 1.54) is 4.90 Å². The van der Waals surface area contributed by atoms with Crippen LogP contribution >= 0.6 is 0 Å². The lowest BCUT2D eigenvalue weighted by Gasteiger charge is -2.27. The van der Waals surface area contributed by atoms with Crippen LogP contribution in [0.1, 0.15) is 20.3 Å². The van der Waals surface area contributed by atoms with Gasteiger partial charge >= 0.3 is 6.03 Å². The maximum Gasteiger partial charge on any atom is 0.325 e. The van der Waals surface area contributed by atoms with E-state index in [0.29, 0.717) is 0 Å². The highest BCUT2D eigenvalue weighted by Crippen LogP contribution is 2.20. The van der Waals surface area contributed by atoms with E-state index in [9.17, 15) is 14.4 Å². The predicted octanol–water partition coefficient (Wildman–Crippen LogP) is -1.30. The molecule has 1 heterocycles. The van der Waals surface area contributed by atoms with Crippen molar-refractivity contribution in [1.82, 2.24) is 15.6 Å². The summed E-state index contributed by atoms with van der Waals surface area (Å²) < 4.78 is 0. The molecule has 0 spiro atoms. The molecule has 0 aromatic heterocycles. The molecule has 84 valence electrons. The van der Waals surface area contributed by atoms with Crippen molar-refractivity contribution in [3.05, 3.63) is 0 Å². The van der Waals surface area contributed by atoms with Crippen LogP contribution < -0.4 is 16.6 Å². The molecule has 4 amide bonds. The average Bonchev–Trinajstić information content (AvgIpc) is 2.34. The molecule has 0 radical (unpaired) electrons. The largest absolute Gasteiger partial charge is 0.325 e. The molecular formula is C8H14N4O3. The van der Waals surface area contributed by atoms with Crippen molar-refractivity contribution in [2.45, 2.75) is 25.8 Å². The minimum atomic E-state index is -0.911. The van der Waals surface area contributed by atoms with Gasteiger partial charge in [0.1, 0.15) is 5.54 Å². The van der Waals surface area contributed by atoms with Crippen LogP contribution in [0, 0.1) is 0 Å². The van der Waals surface area contributed by atoms with Crippen molar-refractivity contribution < 1.29 is 14.4 Å². The molecule has 0 saturated carbocycles. The van der Waals surface area contributed by atoms with E-state index in [1.54, 1.807) is 13.8 Å². The van der Waals surface area contributed by atoms with Crippen LogP contribution in [0.5, 0.6) is 0 Å². The van der Waals surface area contributed by atoms with Gasteiger partial charge in [-0.1, -0.05) is 0 Å². The first-order valence-electron chi connectivity index (χ1n) is 4.52. The summed E-state index contributed by atoms with van der Waals surface area (Å²) in [5.41, 5.74) is 1.05. The smallest absolute Gasteiger partial charge is 0.310 e. The summed E-state index contributed by atoms with van der Waals surface area (Å²) in [5, 5.41) is 2.18. The molecule has 4 N–H and O–H groups in total. The van der Waals surface area contributed by atoms with Gasteiger partial charge in [-0.15, -0.1) is 0 Å². The van der Waals surface area contributed by atoms with E-state index >= 15 is 0 Å². The number of nitrogens with zero attached hydrogens (tertiary/aromatic N) is 1. The monoisotopic (exact) mass is 214 g/mol. The summed E-state index contributed by atoms with van der Waals surface area (Å²) in [4.78, 5) is 34.9. The van der Waals surface area contributed by atoms with Crippen molar-refractivity contribution in [2.75, 3.05) is 6.54 Å². The Morgan fingerprint density at radius 1 is 1.53 bits per heavy atom. The van der Waals surface area contributed by atoms with Gasteiger partial charge in [0, 0.05) is 13.0 Å². The van der Waals surface area contributed by atoms with Crippen molar-refractivity contribution in [1.29, 1.82) is 0 Å². The third-order valence-electron chi connectivity index (χ3n) is 2.42. The molecule has 0 atom stereocenters. The first-order chi connectivity index (χ1) is 6.89. The van der Waals surface area contributed by atoms with Gasteiger partial charge in [0.05, 0.1) is 0 Å². The van der Waals surface area contributed by atoms with E-state index in [4.69, 9.17) is 5.84 Å². The lowest BCUT2D eigenvalue weighted by Crippen LogP contribution is -2.46. The lowest BCUT2D eigenvalue weighted by atomic mass is 10.0. The molecule has 0 aromatic carbocycles. The fourth-order valence-corrected chi connectivity index (χ4v) is 1.36. The Morgan fingerprint density at radius 3 is 2.53 bits per heavy atom. The molecule has 0 aromatic rings. The van der Waals surface area contributed by atoms with E-state index in [0.717, 1.165) is 0 Å². The van der Waals surface area contributed by atoms with E-state index in [-0.39, 0.29) is 24.8 Å². The summed E-state index contributed by atoms with van der Waals surface area (Å²) in [6.45, 7) is 3.40. The Bertz CT molecular complexity index is 313. The third kappa shape index (κ3) is 2.07. The molecule has 15 heavy (non-hydrogen) atoms. The van der Waals surface area contributed by atoms with Crippen molar-refractivity contribution in [3.63, 3.8) is 0 Å². The molecule has 1 aliphatic rings. The van der Waals surface area contributed by atoms with Crippen molar-refractivity contribution >= 4 is 17.8 Å². The first kappa shape index (κ1) is 11.4. The van der Waals surface area contributed by atoms with Gasteiger partial charge in [0.15, 0.2) is 0 Å². The number of nitrogens with two attached hydrogens (primary N) is 1. The summed E-state index contributed by atoms with van der Waals surface area (Å²) in [6.07, 6.45) is 0.0701. The first-order valence-corrected chi connectivity index (χ1v) is 4.52. The van der Waals surface area contributed by atoms with Crippen molar-refractivity contribution in [3.8, 4) is 0 Å². The summed E-state index contributed by atoms with van der Waals surface area (Å²) in [7, 11) is 0. The lowest BCUT2D eigenvalue weighted by molar-refractivity contribution is -0.126. The Labute approximate surface area is 86.9 Å². The zero-order valence-corrected chi connectivity index (χ0v) is 8.66. The van der Waals surface area contributed by atoms with Crippen LogP contribution in [-0.4, -0.2) is 34.8 Å². The fourth-order valence-electron chi connectivity index (χ4n) is 1.36. The zero-order valence-electron chi connectivity index (χ0n) is 8.66. The SMILES string of the molecule is CC1(C)C(=O)NC(=O)N1CCC(=O)NN. The molecule has 7 heteroatoms. The highest BCUT2D eigenvalue weighted by Gasteiger charge is 2.45. The van der Waals surface area contributed by atoms with Crippen LogP contribution in [-0.2, 0) is 9.59 Å². The van der Waals surface area contributed by atoms with Gasteiger partial charge < -0.3 is 4.90 Å². The highest BCUT2D eigenvalue weighted by molar-refractivity contribution is 6.06. The number of carbonyl (C=O) groups is 3. The average molecular weight is 214 g/mol. The second-order valence-corrected chi connectivity index (χ2v) is 3.79. The number of hydrogen-bond donors (Lipinski definition) is 3. The predicted molar refractivity (Wildman–Crippen MR) is 51.3 cm³/mol. The number of carbonyl (C=O) groups excluding carboxylic acids is 3. The molecule has 0 unspecified atom stereocenters. The molecular weight excluding hydrogens is 200 g/mol. The number of imide groups is 1. The molecule has 0 bridgehead atoms. The van der Waals surface area contributed by atoms with E-state index < -0.39 is 11.6 Å². The molecule has 0 aliphatic carbocycles. The Morgan fingerprint density at radius 2 is 2.13 bits per heavy atom. The minimum Gasteiger partial charge on any atom is -0.310 e. The highest BCUT2D eigenvalue weighted by atomic mass is 16.2. The second-order valence-electron chi connectivity index (χ2n) is 3.79. The van der Waals surface area contributed by atoms with Crippen LogP contribution in [0.3, 0.4) is 0 Å². The summed E-state index contributed by atoms with van der Waals surface area (Å²) >= 11 is 0. The van der Waals surface area contributed by atoms with Gasteiger partial charge in [-0.3, -0.25) is 20.3 Å². The number of hydrogen-bond acceptors (Lipinski definition) is 4. The van der Waals surface area contributed by atoms with Gasteiger partial charge in [-0.05, 0) is 13.8 Å². The van der Waals surface area contributed by atoms with Crippen LogP contribution in [0.2, 0.25) is 0 Å². The van der Waals surface area contributed by atoms with Crippen LogP contribution in [0.25, 0.3) is 0 Å². The Kier molecular flexibility index (Phi) is 2.94. The maximum absolute atomic E-state index is 11.3. The number of amides is 4. The van der Waals surface area contributed by atoms with Crippen molar-refractivity contribution in [2.24, 2.45) is 5.84 Å². The summed E-state index contributed by atoms with van der Waals surface area (Å²) in [5.74, 6) is 4.16. The summed E-state index contributed by atoms with van der Waals surface area (Å²) in [6, 6.07) is -0.477. The molecule has 1 aliphatic heterocycles. The van der Waals surface area contributed by atoms with E-state index in [1.807, 2.05) is 5.43 Å². The number of nitrogens with one attached hydrogen (secondary N) is 2. The maximum atomic E-state index is 11.3. The van der Waals surface area contributed by atoms with Crippen LogP contribution in [0.15, 0.2) is 0 Å². The normalized spacial score (nSPS) is 19.0. The molecule has 1 rings (SSSR count). The quantitative estimate of drug-likeness (QED) is 0.235. The fraction of sp³-hybridized carbons (Fsp3) is 0.625. The Balaban J connectivity index is 2.65.